The van der Waals surface area contributed by atoms with Crippen LogP contribution in [0.5, 0.6) is 0 Å². The first-order chi connectivity index (χ1) is 27.5. The number of aliphatic carboxylic acids is 1. The summed E-state index contributed by atoms with van der Waals surface area (Å²) >= 11 is 0. The molecule has 11 heteroatoms. The molecule has 0 aromatic heterocycles. The van der Waals surface area contributed by atoms with Crippen LogP contribution in [0.15, 0.2) is 0 Å². The molecule has 8 rings (SSSR count). The number of carboxylic acid groups (broad SMARTS) is 1. The Hall–Kier alpha value is -2.24. The zero-order chi connectivity index (χ0) is 42.9. The van der Waals surface area contributed by atoms with E-state index >= 15 is 4.79 Å². The first-order valence-electron chi connectivity index (χ1n) is 23.4. The highest BCUT2D eigenvalue weighted by molar-refractivity contribution is 5.84. The number of aliphatic hydroxyl groups excluding tert-OH is 2. The molecule has 0 radical (unpaired) electrons. The van der Waals surface area contributed by atoms with Gasteiger partial charge in [-0.1, -0.05) is 55.4 Å². The van der Waals surface area contributed by atoms with Crippen LogP contribution in [0.4, 0.5) is 0 Å². The Labute approximate surface area is 353 Å². The zero-order valence-corrected chi connectivity index (χ0v) is 37.7. The summed E-state index contributed by atoms with van der Waals surface area (Å²) in [4.78, 5) is 61.2. The van der Waals surface area contributed by atoms with Crippen molar-refractivity contribution in [1.29, 1.82) is 0 Å². The number of piperazine rings is 1. The van der Waals surface area contributed by atoms with Gasteiger partial charge in [0.1, 0.15) is 11.5 Å². The van der Waals surface area contributed by atoms with Crippen molar-refractivity contribution in [2.75, 3.05) is 39.4 Å². The molecule has 0 unspecified atom stereocenters. The summed E-state index contributed by atoms with van der Waals surface area (Å²) in [5.41, 5.74) is -1.89. The Morgan fingerprint density at radius 1 is 0.678 bits per heavy atom. The Morgan fingerprint density at radius 3 is 1.93 bits per heavy atom. The van der Waals surface area contributed by atoms with E-state index in [2.05, 4.69) is 46.4 Å². The number of aliphatic hydroxyl groups is 2. The molecule has 332 valence electrons. The fourth-order valence-electron chi connectivity index (χ4n) is 16.2. The molecule has 12 atom stereocenters. The van der Waals surface area contributed by atoms with Crippen molar-refractivity contribution in [3.05, 3.63) is 0 Å². The van der Waals surface area contributed by atoms with E-state index in [1.807, 2.05) is 13.8 Å². The highest BCUT2D eigenvalue weighted by Gasteiger charge is 2.74. The third-order valence-corrected chi connectivity index (χ3v) is 20.8. The lowest BCUT2D eigenvalue weighted by molar-refractivity contribution is -0.253. The average molecular weight is 825 g/mol. The van der Waals surface area contributed by atoms with Crippen LogP contribution in [0, 0.1) is 84.7 Å². The van der Waals surface area contributed by atoms with E-state index in [4.69, 9.17) is 9.57 Å². The molecule has 7 aliphatic carbocycles. The number of nitrogens with zero attached hydrogens (tertiary/aromatic N) is 2. The molecule has 0 aromatic carbocycles. The highest BCUT2D eigenvalue weighted by atomic mass is 16.7. The monoisotopic (exact) mass is 825 g/mol. The SMILES string of the molecule is CC(CO)(CO)C(=O)ON1CCN(C(=O)[C@]23CC[C@@H](C4(C)CC4)[C@@H]2[C@H]2CC[C@@H]4[C@@]5(C)CC[C@H](OC(=O)[C@H]6C[C@@H](C(=O)O)C6(C)C)C(C)(C)[C@@H]5CC[C@@]4(C)[C@]2(C)CC3)CC1. The summed E-state index contributed by atoms with van der Waals surface area (Å²) in [5, 5.41) is 30.7. The number of hydrogen-bond acceptors (Lipinski definition) is 9. The fourth-order valence-corrected chi connectivity index (χ4v) is 16.2. The number of carbonyl (C=O) groups is 4. The summed E-state index contributed by atoms with van der Waals surface area (Å²) in [6.07, 6.45) is 13.2. The van der Waals surface area contributed by atoms with Gasteiger partial charge in [-0.3, -0.25) is 14.4 Å². The summed E-state index contributed by atoms with van der Waals surface area (Å²) < 4.78 is 6.45. The topological polar surface area (TPSA) is 154 Å². The largest absolute Gasteiger partial charge is 0.481 e. The lowest BCUT2D eigenvalue weighted by Gasteiger charge is -2.73. The molecule has 0 spiro atoms. The first-order valence-corrected chi connectivity index (χ1v) is 23.4. The molecule has 11 nitrogen and oxygen atoms in total. The Kier molecular flexibility index (Phi) is 10.4. The van der Waals surface area contributed by atoms with Crippen molar-refractivity contribution in [1.82, 2.24) is 9.96 Å². The maximum atomic E-state index is 15.2. The predicted molar refractivity (Wildman–Crippen MR) is 221 cm³/mol. The van der Waals surface area contributed by atoms with E-state index in [1.165, 1.54) is 26.2 Å². The van der Waals surface area contributed by atoms with Crippen molar-refractivity contribution in [2.45, 2.75) is 152 Å². The van der Waals surface area contributed by atoms with Gasteiger partial charge in [-0.05, 0) is 147 Å². The zero-order valence-electron chi connectivity index (χ0n) is 37.7. The Balaban J connectivity index is 1.00. The number of carbonyl (C=O) groups excluding carboxylic acids is 3. The third kappa shape index (κ3) is 6.16. The van der Waals surface area contributed by atoms with E-state index in [9.17, 15) is 29.7 Å². The van der Waals surface area contributed by atoms with Crippen LogP contribution in [-0.4, -0.2) is 94.6 Å². The molecule has 59 heavy (non-hydrogen) atoms. The number of hydrogen-bond donors (Lipinski definition) is 3. The molecule has 8 fully saturated rings. The number of amides is 1. The maximum Gasteiger partial charge on any atom is 0.335 e. The van der Waals surface area contributed by atoms with Gasteiger partial charge in [-0.25, -0.2) is 4.79 Å². The van der Waals surface area contributed by atoms with E-state index in [-0.39, 0.29) is 45.1 Å². The van der Waals surface area contributed by atoms with E-state index in [1.54, 1.807) is 5.06 Å². The number of rotatable bonds is 9. The predicted octanol–water partition coefficient (Wildman–Crippen LogP) is 7.12. The molecule has 1 aliphatic heterocycles. The second-order valence-electron chi connectivity index (χ2n) is 23.9. The Bertz CT molecular complexity index is 1710. The molecule has 1 amide bonds. The second kappa shape index (κ2) is 14.1. The summed E-state index contributed by atoms with van der Waals surface area (Å²) in [6.45, 7) is 21.1. The fraction of sp³-hybridized carbons (Fsp3) is 0.917. The number of carboxylic acids is 1. The molecule has 1 heterocycles. The number of hydroxylamine groups is 2. The smallest absolute Gasteiger partial charge is 0.335 e. The molecule has 3 N–H and O–H groups in total. The minimum Gasteiger partial charge on any atom is -0.481 e. The molecule has 8 aliphatic rings. The molecule has 7 saturated carbocycles. The summed E-state index contributed by atoms with van der Waals surface area (Å²) in [7, 11) is 0. The Morgan fingerprint density at radius 2 is 1.34 bits per heavy atom. The van der Waals surface area contributed by atoms with Gasteiger partial charge in [0.15, 0.2) is 0 Å². The van der Waals surface area contributed by atoms with Gasteiger partial charge in [-0.15, -0.1) is 5.06 Å². The van der Waals surface area contributed by atoms with Gasteiger partial charge in [0, 0.05) is 18.5 Å². The van der Waals surface area contributed by atoms with Crippen LogP contribution in [0.2, 0.25) is 0 Å². The van der Waals surface area contributed by atoms with E-state index in [0.29, 0.717) is 73.5 Å². The molecular formula is C48H76N2O9. The highest BCUT2D eigenvalue weighted by Crippen LogP contribution is 2.79. The quantitative estimate of drug-likeness (QED) is 0.205. The lowest BCUT2D eigenvalue weighted by Crippen LogP contribution is -2.68. The van der Waals surface area contributed by atoms with Gasteiger partial charge in [0.05, 0.1) is 43.6 Å². The van der Waals surface area contributed by atoms with Crippen molar-refractivity contribution in [2.24, 2.45) is 84.7 Å². The minimum atomic E-state index is -1.37. The normalized spacial score (nSPS) is 44.4. The third-order valence-electron chi connectivity index (χ3n) is 20.8. The van der Waals surface area contributed by atoms with Gasteiger partial charge < -0.3 is 29.8 Å². The van der Waals surface area contributed by atoms with Crippen LogP contribution in [0.3, 0.4) is 0 Å². The van der Waals surface area contributed by atoms with Crippen LogP contribution in [0.1, 0.15) is 146 Å². The van der Waals surface area contributed by atoms with Gasteiger partial charge >= 0.3 is 17.9 Å². The molecule has 0 bridgehead atoms. The minimum absolute atomic E-state index is 0.106. The molecular weight excluding hydrogens is 749 g/mol. The van der Waals surface area contributed by atoms with Gasteiger partial charge in [0.25, 0.3) is 0 Å². The standard InChI is InChI=1S/C48H76N2O9/c1-41(2)31(37(53)54)26-32(41)38(55)58-35-14-15-45(7)33(42(35,3)4)13-16-47(9)34(45)11-10-30-36-29(43(5)18-19-43)12-17-48(36,21-20-46(30,47)8)39(56)49-22-24-50(25-23-49)59-40(57)44(6,27-51)28-52/h29-36,51-52H,10-28H2,1-9H3,(H,53,54)/t29-,30-,31+,32-,33+,34-,35+,36-,45+,46-,47-,48+/m1/s1. The summed E-state index contributed by atoms with van der Waals surface area (Å²) in [5.74, 6) is 0.0795. The lowest BCUT2D eigenvalue weighted by atomic mass is 9.32. The van der Waals surface area contributed by atoms with Crippen LogP contribution in [-0.2, 0) is 28.8 Å². The van der Waals surface area contributed by atoms with E-state index in [0.717, 1.165) is 57.8 Å². The number of ether oxygens (including phenoxy) is 1. The maximum absolute atomic E-state index is 15.2. The second-order valence-corrected chi connectivity index (χ2v) is 23.9. The van der Waals surface area contributed by atoms with Crippen LogP contribution in [0.25, 0.3) is 0 Å². The molecule has 0 aromatic rings. The number of esters is 1. The number of fused-ring (bicyclic) bond motifs is 7. The van der Waals surface area contributed by atoms with Crippen molar-refractivity contribution >= 4 is 23.8 Å². The van der Waals surface area contributed by atoms with Crippen LogP contribution < -0.4 is 0 Å². The first kappa shape index (κ1) is 43.4. The summed E-state index contributed by atoms with van der Waals surface area (Å²) in [6, 6.07) is 0. The molecule has 1 saturated heterocycles. The van der Waals surface area contributed by atoms with E-state index < -0.39 is 41.9 Å². The van der Waals surface area contributed by atoms with Gasteiger partial charge in [-0.2, -0.15) is 0 Å². The van der Waals surface area contributed by atoms with Gasteiger partial charge in [0.2, 0.25) is 5.91 Å². The van der Waals surface area contributed by atoms with Crippen molar-refractivity contribution in [3.8, 4) is 0 Å². The van der Waals surface area contributed by atoms with Crippen molar-refractivity contribution < 1.29 is 44.1 Å². The van der Waals surface area contributed by atoms with Crippen molar-refractivity contribution in [3.63, 3.8) is 0 Å². The van der Waals surface area contributed by atoms with Crippen LogP contribution >= 0.6 is 0 Å². The average Bonchev–Trinajstić information content (AvgIpc) is 3.79.